The van der Waals surface area contributed by atoms with Crippen molar-refractivity contribution < 1.29 is 32.7 Å². The molecule has 0 bridgehead atoms. The highest BCUT2D eigenvalue weighted by Gasteiger charge is 2.38. The van der Waals surface area contributed by atoms with Gasteiger partial charge in [-0.1, -0.05) is 12.1 Å². The van der Waals surface area contributed by atoms with Gasteiger partial charge in [-0.2, -0.15) is 13.2 Å². The van der Waals surface area contributed by atoms with E-state index in [4.69, 9.17) is 15.6 Å². The van der Waals surface area contributed by atoms with Crippen LogP contribution in [-0.2, 0) is 4.79 Å². The number of carboxylic acid groups (broad SMARTS) is 1. The lowest BCUT2D eigenvalue weighted by molar-refractivity contribution is -0.192. The fraction of sp³-hybridized carbons (Fsp3) is 0.316. The number of carbonyl (C=O) groups excluding carboxylic acids is 2. The molecule has 32 heavy (non-hydrogen) atoms. The number of rotatable bonds is 8. The standard InChI is InChI=1S/C17H18N4O2S2.C2HF3O2/c18-8-4-3-6-12(20-15(23)17-19-9-10-24-17)14(22)16-21-11-5-1-2-7-13(11)25-16;3-2(4,5)1(6)7/h1-2,5,7,9-10,12H,3-4,6,8,18H2,(H,20,23);(H,6,7)/t12-;/m0./s1. The van der Waals surface area contributed by atoms with Crippen LogP contribution in [0.2, 0.25) is 0 Å². The molecule has 1 amide bonds. The summed E-state index contributed by atoms with van der Waals surface area (Å²) in [6, 6.07) is 6.99. The van der Waals surface area contributed by atoms with Crippen molar-refractivity contribution in [3.63, 3.8) is 0 Å². The molecule has 0 spiro atoms. The second-order valence-corrected chi connectivity index (χ2v) is 8.23. The molecule has 13 heteroatoms. The number of aliphatic carboxylic acids is 1. The smallest absolute Gasteiger partial charge is 0.475 e. The van der Waals surface area contributed by atoms with Crippen LogP contribution in [0.4, 0.5) is 13.2 Å². The fourth-order valence-corrected chi connectivity index (χ4v) is 3.94. The molecule has 1 aromatic carbocycles. The van der Waals surface area contributed by atoms with Crippen LogP contribution in [0, 0.1) is 0 Å². The van der Waals surface area contributed by atoms with Gasteiger partial charge in [-0.25, -0.2) is 14.8 Å². The van der Waals surface area contributed by atoms with Crippen LogP contribution >= 0.6 is 22.7 Å². The van der Waals surface area contributed by atoms with E-state index in [1.165, 1.54) is 22.7 Å². The third-order valence-electron chi connectivity index (χ3n) is 3.94. The zero-order chi connectivity index (χ0) is 23.7. The number of hydrogen-bond donors (Lipinski definition) is 3. The molecular weight excluding hydrogens is 469 g/mol. The number of halogens is 3. The van der Waals surface area contributed by atoms with Gasteiger partial charge in [0.2, 0.25) is 5.78 Å². The maximum atomic E-state index is 12.9. The molecule has 3 aromatic rings. The molecule has 0 saturated carbocycles. The van der Waals surface area contributed by atoms with Crippen LogP contribution in [0.5, 0.6) is 0 Å². The van der Waals surface area contributed by atoms with Crippen molar-refractivity contribution in [3.8, 4) is 0 Å². The van der Waals surface area contributed by atoms with Gasteiger partial charge in [0.25, 0.3) is 5.91 Å². The Hall–Kier alpha value is -2.90. The Bertz CT molecular complexity index is 1020. The van der Waals surface area contributed by atoms with Crippen LogP contribution in [0.3, 0.4) is 0 Å². The molecule has 0 unspecified atom stereocenters. The highest BCUT2D eigenvalue weighted by Crippen LogP contribution is 2.23. The van der Waals surface area contributed by atoms with Gasteiger partial charge >= 0.3 is 12.1 Å². The largest absolute Gasteiger partial charge is 0.490 e. The van der Waals surface area contributed by atoms with Crippen molar-refractivity contribution in [1.29, 1.82) is 0 Å². The molecule has 0 saturated heterocycles. The van der Waals surface area contributed by atoms with Gasteiger partial charge in [-0.05, 0) is 37.9 Å². The van der Waals surface area contributed by atoms with E-state index in [-0.39, 0.29) is 11.7 Å². The molecule has 0 aliphatic carbocycles. The summed E-state index contributed by atoms with van der Waals surface area (Å²) in [6.07, 6.45) is -1.42. The van der Waals surface area contributed by atoms with Gasteiger partial charge in [-0.3, -0.25) is 9.59 Å². The second kappa shape index (κ2) is 11.6. The number of nitrogens with zero attached hydrogens (tertiary/aromatic N) is 2. The number of thiazole rings is 2. The topological polar surface area (TPSA) is 135 Å². The molecule has 4 N–H and O–H groups in total. The Morgan fingerprint density at radius 1 is 1.16 bits per heavy atom. The van der Waals surface area contributed by atoms with E-state index in [1.54, 1.807) is 11.6 Å². The molecule has 172 valence electrons. The third-order valence-corrected chi connectivity index (χ3v) is 5.77. The first kappa shape index (κ1) is 25.4. The van der Waals surface area contributed by atoms with Crippen molar-refractivity contribution in [3.05, 3.63) is 45.9 Å². The maximum Gasteiger partial charge on any atom is 0.490 e. The predicted molar refractivity (Wildman–Crippen MR) is 114 cm³/mol. The van der Waals surface area contributed by atoms with E-state index in [2.05, 4.69) is 15.3 Å². The number of para-hydroxylation sites is 1. The number of alkyl halides is 3. The molecule has 2 heterocycles. The summed E-state index contributed by atoms with van der Waals surface area (Å²) >= 11 is 2.59. The number of carbonyl (C=O) groups is 3. The summed E-state index contributed by atoms with van der Waals surface area (Å²) in [5, 5.41) is 12.4. The van der Waals surface area contributed by atoms with E-state index in [0.29, 0.717) is 23.0 Å². The van der Waals surface area contributed by atoms with Crippen molar-refractivity contribution in [2.75, 3.05) is 6.54 Å². The Morgan fingerprint density at radius 2 is 1.84 bits per heavy atom. The summed E-state index contributed by atoms with van der Waals surface area (Å²) in [5.74, 6) is -3.25. The Morgan fingerprint density at radius 3 is 2.41 bits per heavy atom. The summed E-state index contributed by atoms with van der Waals surface area (Å²) in [5.41, 5.74) is 6.33. The van der Waals surface area contributed by atoms with E-state index in [0.717, 1.165) is 23.1 Å². The number of nitrogens with one attached hydrogen (secondary N) is 1. The van der Waals surface area contributed by atoms with Crippen molar-refractivity contribution in [2.24, 2.45) is 5.73 Å². The first-order valence-corrected chi connectivity index (χ1v) is 10.9. The second-order valence-electron chi connectivity index (χ2n) is 6.30. The monoisotopic (exact) mass is 488 g/mol. The van der Waals surface area contributed by atoms with E-state index in [9.17, 15) is 22.8 Å². The Labute approximate surface area is 188 Å². The van der Waals surface area contributed by atoms with E-state index < -0.39 is 18.2 Å². The van der Waals surface area contributed by atoms with Gasteiger partial charge in [0, 0.05) is 11.6 Å². The first-order chi connectivity index (χ1) is 15.1. The number of amides is 1. The maximum absolute atomic E-state index is 12.9. The lowest BCUT2D eigenvalue weighted by Crippen LogP contribution is -2.41. The number of aromatic nitrogens is 2. The first-order valence-electron chi connectivity index (χ1n) is 9.23. The van der Waals surface area contributed by atoms with Crippen LogP contribution in [-0.4, -0.2) is 51.5 Å². The minimum Gasteiger partial charge on any atom is -0.475 e. The molecule has 0 aliphatic heterocycles. The SMILES string of the molecule is NCCCC[C@H](NC(=O)c1nccs1)C(=O)c1nc2ccccc2s1.O=C(O)C(F)(F)F. The Kier molecular flexibility index (Phi) is 9.23. The van der Waals surface area contributed by atoms with Gasteiger partial charge in [0.15, 0.2) is 10.0 Å². The highest BCUT2D eigenvalue weighted by atomic mass is 32.1. The van der Waals surface area contributed by atoms with Gasteiger partial charge in [0.1, 0.15) is 0 Å². The number of hydrogen-bond acceptors (Lipinski definition) is 8. The van der Waals surface area contributed by atoms with Crippen LogP contribution in [0.15, 0.2) is 35.8 Å². The van der Waals surface area contributed by atoms with Crippen LogP contribution in [0.1, 0.15) is 38.9 Å². The lowest BCUT2D eigenvalue weighted by Gasteiger charge is -2.15. The number of fused-ring (bicyclic) bond motifs is 1. The molecule has 2 aromatic heterocycles. The lowest BCUT2D eigenvalue weighted by atomic mass is 10.1. The summed E-state index contributed by atoms with van der Waals surface area (Å²) < 4.78 is 32.7. The average molecular weight is 489 g/mol. The summed E-state index contributed by atoms with van der Waals surface area (Å²) in [4.78, 5) is 42.5. The van der Waals surface area contributed by atoms with Crippen LogP contribution < -0.4 is 11.1 Å². The molecule has 8 nitrogen and oxygen atoms in total. The predicted octanol–water partition coefficient (Wildman–Crippen LogP) is 3.50. The molecule has 0 aliphatic rings. The number of ketones is 1. The molecule has 3 rings (SSSR count). The number of nitrogens with two attached hydrogens (primary N) is 1. The molecule has 1 atom stereocenters. The van der Waals surface area contributed by atoms with Gasteiger partial charge in [0.05, 0.1) is 16.3 Å². The third kappa shape index (κ3) is 7.35. The van der Waals surface area contributed by atoms with Gasteiger partial charge in [-0.15, -0.1) is 22.7 Å². The minimum atomic E-state index is -5.08. The normalized spacial score (nSPS) is 12.0. The van der Waals surface area contributed by atoms with Crippen molar-refractivity contribution in [1.82, 2.24) is 15.3 Å². The number of benzene rings is 1. The Balaban J connectivity index is 0.000000451. The molecule has 0 fully saturated rings. The minimum absolute atomic E-state index is 0.164. The zero-order valence-corrected chi connectivity index (χ0v) is 18.1. The molecular formula is C19H19F3N4O4S2. The van der Waals surface area contributed by atoms with Crippen molar-refractivity contribution in [2.45, 2.75) is 31.5 Å². The van der Waals surface area contributed by atoms with Crippen LogP contribution in [0.25, 0.3) is 10.2 Å². The summed E-state index contributed by atoms with van der Waals surface area (Å²) in [6.45, 7) is 0.558. The fourth-order valence-electron chi connectivity index (χ4n) is 2.44. The molecule has 0 radical (unpaired) electrons. The van der Waals surface area contributed by atoms with Gasteiger partial charge < -0.3 is 16.2 Å². The van der Waals surface area contributed by atoms with E-state index in [1.807, 2.05) is 24.3 Å². The highest BCUT2D eigenvalue weighted by molar-refractivity contribution is 7.20. The average Bonchev–Trinajstić information content (AvgIpc) is 3.42. The number of carboxylic acids is 1. The number of unbranched alkanes of at least 4 members (excludes halogenated alkanes) is 1. The zero-order valence-electron chi connectivity index (χ0n) is 16.5. The van der Waals surface area contributed by atoms with E-state index >= 15 is 0 Å². The number of Topliss-reactive ketones (excluding diaryl/α,β-unsaturated/α-hetero) is 1. The quantitative estimate of drug-likeness (QED) is 0.326. The summed E-state index contributed by atoms with van der Waals surface area (Å²) in [7, 11) is 0. The van der Waals surface area contributed by atoms with Crippen molar-refractivity contribution >= 4 is 50.5 Å².